The fraction of sp³-hybridized carbons (Fsp3) is 0. The maximum Gasteiger partial charge on any atom is 0.434 e. The summed E-state index contributed by atoms with van der Waals surface area (Å²) in [6.45, 7) is 0. The molecule has 1 unspecified atom stereocenters. The summed E-state index contributed by atoms with van der Waals surface area (Å²) in [5, 5.41) is 6.73. The Balaban J connectivity index is 2.65. The van der Waals surface area contributed by atoms with Crippen LogP contribution in [0.3, 0.4) is 0 Å². The van der Waals surface area contributed by atoms with E-state index in [4.69, 9.17) is 5.11 Å². The summed E-state index contributed by atoms with van der Waals surface area (Å²) in [5.74, 6) is 0.276. The topological polar surface area (TPSA) is 63.6 Å². The highest BCUT2D eigenvalue weighted by Crippen LogP contribution is 2.09. The van der Waals surface area contributed by atoms with Crippen LogP contribution in [0.4, 0.5) is 4.79 Å². The van der Waals surface area contributed by atoms with Crippen molar-refractivity contribution >= 4 is 16.4 Å². The smallest absolute Gasteiger partial charge is 0.434 e. The summed E-state index contributed by atoms with van der Waals surface area (Å²) in [6, 6.07) is 8.13. The van der Waals surface area contributed by atoms with Crippen molar-refractivity contribution in [2.45, 2.75) is 0 Å². The van der Waals surface area contributed by atoms with Gasteiger partial charge in [-0.15, -0.1) is 0 Å². The van der Waals surface area contributed by atoms with E-state index in [0.29, 0.717) is 0 Å². The third-order valence-electron chi connectivity index (χ3n) is 1.06. The fourth-order valence-electron chi connectivity index (χ4n) is 0.599. The molecule has 0 saturated carbocycles. The van der Waals surface area contributed by atoms with Crippen LogP contribution < -0.4 is 4.18 Å². The Labute approximate surface area is 71.4 Å². The van der Waals surface area contributed by atoms with Crippen molar-refractivity contribution in [3.63, 3.8) is 0 Å². The molecule has 1 atom stereocenters. The Morgan fingerprint density at radius 1 is 1.33 bits per heavy atom. The van der Waals surface area contributed by atoms with Crippen molar-refractivity contribution in [3.05, 3.63) is 30.3 Å². The monoisotopic (exact) mass is 186 g/mol. The van der Waals surface area contributed by atoms with Crippen LogP contribution in [0.2, 0.25) is 0 Å². The number of carbonyl (C=O) groups is 1. The standard InChI is InChI=1S/C7H6O4S/c8-7(9)12(10)11-6-4-2-1-3-5-6/h1-5H,(H,8,9). The summed E-state index contributed by atoms with van der Waals surface area (Å²) >= 11 is -2.31. The first-order valence-electron chi connectivity index (χ1n) is 3.08. The van der Waals surface area contributed by atoms with Gasteiger partial charge >= 0.3 is 16.4 Å². The van der Waals surface area contributed by atoms with Crippen LogP contribution in [0.15, 0.2) is 30.3 Å². The van der Waals surface area contributed by atoms with E-state index in [0.717, 1.165) is 0 Å². The molecular weight excluding hydrogens is 180 g/mol. The molecule has 0 saturated heterocycles. The predicted octanol–water partition coefficient (Wildman–Crippen LogP) is 1.41. The molecule has 1 aromatic rings. The molecule has 0 radical (unpaired) electrons. The van der Waals surface area contributed by atoms with Crippen LogP contribution >= 0.6 is 0 Å². The van der Waals surface area contributed by atoms with E-state index in [9.17, 15) is 9.00 Å². The molecule has 0 aliphatic rings. The highest BCUT2D eigenvalue weighted by molar-refractivity contribution is 7.95. The summed E-state index contributed by atoms with van der Waals surface area (Å²) in [7, 11) is 0. The minimum Gasteiger partial charge on any atom is -0.469 e. The zero-order valence-corrected chi connectivity index (χ0v) is 6.78. The second-order valence-corrected chi connectivity index (χ2v) is 2.88. The highest BCUT2D eigenvalue weighted by atomic mass is 32.2. The Hall–Kier alpha value is -1.36. The van der Waals surface area contributed by atoms with E-state index in [1.165, 1.54) is 12.1 Å². The van der Waals surface area contributed by atoms with Gasteiger partial charge in [0.15, 0.2) is 0 Å². The van der Waals surface area contributed by atoms with E-state index < -0.39 is 16.4 Å². The van der Waals surface area contributed by atoms with Gasteiger partial charge in [-0.25, -0.2) is 9.00 Å². The highest BCUT2D eigenvalue weighted by Gasteiger charge is 2.10. The SMILES string of the molecule is O=C(O)S(=O)Oc1ccccc1. The third-order valence-corrected chi connectivity index (χ3v) is 1.69. The molecule has 1 rings (SSSR count). The second-order valence-electron chi connectivity index (χ2n) is 1.90. The van der Waals surface area contributed by atoms with Crippen molar-refractivity contribution in [3.8, 4) is 5.75 Å². The van der Waals surface area contributed by atoms with Gasteiger partial charge < -0.3 is 9.29 Å². The van der Waals surface area contributed by atoms with E-state index in [1.807, 2.05) is 0 Å². The summed E-state index contributed by atoms with van der Waals surface area (Å²) in [5.41, 5.74) is 0. The van der Waals surface area contributed by atoms with E-state index in [-0.39, 0.29) is 5.75 Å². The van der Waals surface area contributed by atoms with Crippen molar-refractivity contribution in [1.29, 1.82) is 0 Å². The molecule has 1 N–H and O–H groups in total. The molecule has 12 heavy (non-hydrogen) atoms. The maximum atomic E-state index is 10.6. The minimum atomic E-state index is -2.31. The minimum absolute atomic E-state index is 0.276. The Kier molecular flexibility index (Phi) is 2.82. The average molecular weight is 186 g/mol. The van der Waals surface area contributed by atoms with Gasteiger partial charge in [0.2, 0.25) is 0 Å². The molecule has 1 aromatic carbocycles. The van der Waals surface area contributed by atoms with Gasteiger partial charge in [-0.3, -0.25) is 0 Å². The van der Waals surface area contributed by atoms with Gasteiger partial charge in [0.1, 0.15) is 5.75 Å². The van der Waals surface area contributed by atoms with Gasteiger partial charge in [0.25, 0.3) is 0 Å². The normalized spacial score (nSPS) is 12.0. The van der Waals surface area contributed by atoms with Gasteiger partial charge in [0.05, 0.1) is 0 Å². The van der Waals surface area contributed by atoms with Crippen molar-refractivity contribution in [2.75, 3.05) is 0 Å². The van der Waals surface area contributed by atoms with Gasteiger partial charge in [-0.2, -0.15) is 0 Å². The van der Waals surface area contributed by atoms with Crippen LogP contribution in [0, 0.1) is 0 Å². The van der Waals surface area contributed by atoms with Gasteiger partial charge in [-0.1, -0.05) is 18.2 Å². The number of carboxylic acid groups (broad SMARTS) is 1. The number of benzene rings is 1. The van der Waals surface area contributed by atoms with Crippen molar-refractivity contribution < 1.29 is 18.3 Å². The second kappa shape index (κ2) is 3.87. The molecule has 0 aliphatic heterocycles. The molecule has 0 amide bonds. The summed E-state index contributed by atoms with van der Waals surface area (Å²) < 4.78 is 15.2. The Morgan fingerprint density at radius 2 is 1.92 bits per heavy atom. The van der Waals surface area contributed by atoms with Crippen molar-refractivity contribution in [2.24, 2.45) is 0 Å². The zero-order chi connectivity index (χ0) is 8.97. The molecule has 0 spiro atoms. The molecular formula is C7H6O4S. The molecule has 4 nitrogen and oxygen atoms in total. The van der Waals surface area contributed by atoms with Crippen LogP contribution in [0.5, 0.6) is 5.75 Å². The molecule has 0 fully saturated rings. The summed E-state index contributed by atoms with van der Waals surface area (Å²) in [6.07, 6.45) is 0. The van der Waals surface area contributed by atoms with Crippen LogP contribution in [0.1, 0.15) is 0 Å². The maximum absolute atomic E-state index is 10.6. The van der Waals surface area contributed by atoms with E-state index in [2.05, 4.69) is 4.18 Å². The molecule has 64 valence electrons. The number of hydrogen-bond donors (Lipinski definition) is 1. The zero-order valence-electron chi connectivity index (χ0n) is 5.97. The predicted molar refractivity (Wildman–Crippen MR) is 43.2 cm³/mol. The van der Waals surface area contributed by atoms with Crippen LogP contribution in [-0.4, -0.2) is 14.6 Å². The number of rotatable bonds is 2. The van der Waals surface area contributed by atoms with Gasteiger partial charge in [-0.05, 0) is 12.1 Å². The third kappa shape index (κ3) is 2.35. The van der Waals surface area contributed by atoms with E-state index >= 15 is 0 Å². The lowest BCUT2D eigenvalue weighted by molar-refractivity contribution is 0.219. The molecule has 0 heterocycles. The van der Waals surface area contributed by atoms with Crippen molar-refractivity contribution in [1.82, 2.24) is 0 Å². The molecule has 0 aliphatic carbocycles. The molecule has 5 heteroatoms. The Morgan fingerprint density at radius 3 is 2.42 bits per heavy atom. The lowest BCUT2D eigenvalue weighted by Crippen LogP contribution is -2.09. The molecule has 0 bridgehead atoms. The summed E-state index contributed by atoms with van der Waals surface area (Å²) in [4.78, 5) is 10.1. The first-order chi connectivity index (χ1) is 5.70. The lowest BCUT2D eigenvalue weighted by atomic mass is 10.3. The van der Waals surface area contributed by atoms with Crippen LogP contribution in [0.25, 0.3) is 0 Å². The Bertz CT molecular complexity index is 296. The van der Waals surface area contributed by atoms with E-state index in [1.54, 1.807) is 18.2 Å². The van der Waals surface area contributed by atoms with Gasteiger partial charge in [0, 0.05) is 0 Å². The lowest BCUT2D eigenvalue weighted by Gasteiger charge is -1.98. The average Bonchev–Trinajstić information content (AvgIpc) is 2.06. The first-order valence-corrected chi connectivity index (χ1v) is 4.15. The first kappa shape index (κ1) is 8.73. The number of hydrogen-bond acceptors (Lipinski definition) is 3. The number of para-hydroxylation sites is 1. The molecule has 0 aromatic heterocycles. The quantitative estimate of drug-likeness (QED) is 0.758. The van der Waals surface area contributed by atoms with Crippen LogP contribution in [-0.2, 0) is 11.1 Å². The largest absolute Gasteiger partial charge is 0.469 e. The fourth-order valence-corrected chi connectivity index (χ4v) is 0.956.